The molecule has 0 spiro atoms. The zero-order valence-electron chi connectivity index (χ0n) is 15.4. The SMILES string of the molecule is CC(=O)N(CC(=O)NC1CCCCC1)c1ccc(C(C)(C)C)cc1. The van der Waals surface area contributed by atoms with Gasteiger partial charge in [-0.15, -0.1) is 0 Å². The van der Waals surface area contributed by atoms with Crippen LogP contribution in [-0.2, 0) is 15.0 Å². The van der Waals surface area contributed by atoms with Crippen molar-refractivity contribution >= 4 is 17.5 Å². The Balaban J connectivity index is 2.03. The molecule has 0 bridgehead atoms. The Hall–Kier alpha value is -1.84. The van der Waals surface area contributed by atoms with E-state index in [2.05, 4.69) is 26.1 Å². The lowest BCUT2D eigenvalue weighted by Gasteiger charge is -2.26. The molecule has 2 rings (SSSR count). The van der Waals surface area contributed by atoms with Crippen molar-refractivity contribution in [1.82, 2.24) is 5.32 Å². The maximum Gasteiger partial charge on any atom is 0.240 e. The fourth-order valence-corrected chi connectivity index (χ4v) is 3.19. The third-order valence-electron chi connectivity index (χ3n) is 4.70. The first-order valence-corrected chi connectivity index (χ1v) is 8.95. The normalized spacial score (nSPS) is 15.8. The Labute approximate surface area is 145 Å². The van der Waals surface area contributed by atoms with Crippen LogP contribution in [0.5, 0.6) is 0 Å². The monoisotopic (exact) mass is 330 g/mol. The molecular formula is C20H30N2O2. The van der Waals surface area contributed by atoms with E-state index in [1.54, 1.807) is 4.90 Å². The van der Waals surface area contributed by atoms with Gasteiger partial charge in [-0.05, 0) is 36.0 Å². The molecule has 0 radical (unpaired) electrons. The molecule has 1 aromatic rings. The first kappa shape index (κ1) is 18.5. The second kappa shape index (κ2) is 7.82. The third-order valence-corrected chi connectivity index (χ3v) is 4.70. The van der Waals surface area contributed by atoms with Crippen LogP contribution in [0.2, 0.25) is 0 Å². The Morgan fingerprint density at radius 1 is 1.08 bits per heavy atom. The van der Waals surface area contributed by atoms with Gasteiger partial charge in [0.05, 0.1) is 0 Å². The van der Waals surface area contributed by atoms with E-state index in [9.17, 15) is 9.59 Å². The molecule has 0 aromatic heterocycles. The summed E-state index contributed by atoms with van der Waals surface area (Å²) in [6.45, 7) is 8.05. The lowest BCUT2D eigenvalue weighted by atomic mass is 9.87. The first-order chi connectivity index (χ1) is 11.3. The molecule has 4 heteroatoms. The quantitative estimate of drug-likeness (QED) is 0.913. The van der Waals surface area contributed by atoms with E-state index in [1.165, 1.54) is 31.7 Å². The van der Waals surface area contributed by atoms with Crippen molar-refractivity contribution in [2.45, 2.75) is 71.3 Å². The van der Waals surface area contributed by atoms with E-state index < -0.39 is 0 Å². The van der Waals surface area contributed by atoms with Crippen LogP contribution in [0.3, 0.4) is 0 Å². The van der Waals surface area contributed by atoms with Gasteiger partial charge in [0.15, 0.2) is 0 Å². The van der Waals surface area contributed by atoms with Crippen LogP contribution in [0.1, 0.15) is 65.4 Å². The number of hydrogen-bond donors (Lipinski definition) is 1. The molecule has 4 nitrogen and oxygen atoms in total. The van der Waals surface area contributed by atoms with Gasteiger partial charge in [-0.3, -0.25) is 9.59 Å². The van der Waals surface area contributed by atoms with E-state index in [0.29, 0.717) is 0 Å². The molecule has 0 aliphatic heterocycles. The van der Waals surface area contributed by atoms with Gasteiger partial charge < -0.3 is 10.2 Å². The van der Waals surface area contributed by atoms with E-state index in [1.807, 2.05) is 24.3 Å². The molecule has 1 aliphatic rings. The maximum atomic E-state index is 12.3. The number of anilines is 1. The van der Waals surface area contributed by atoms with Crippen LogP contribution < -0.4 is 10.2 Å². The van der Waals surface area contributed by atoms with Gasteiger partial charge in [-0.1, -0.05) is 52.2 Å². The highest BCUT2D eigenvalue weighted by molar-refractivity contribution is 5.97. The van der Waals surface area contributed by atoms with E-state index in [0.717, 1.165) is 18.5 Å². The summed E-state index contributed by atoms with van der Waals surface area (Å²) in [5.74, 6) is -0.186. The number of amides is 2. The maximum absolute atomic E-state index is 12.3. The second-order valence-electron chi connectivity index (χ2n) is 7.80. The smallest absolute Gasteiger partial charge is 0.240 e. The number of rotatable bonds is 4. The highest BCUT2D eigenvalue weighted by Gasteiger charge is 2.20. The van der Waals surface area contributed by atoms with Crippen molar-refractivity contribution in [2.24, 2.45) is 0 Å². The summed E-state index contributed by atoms with van der Waals surface area (Å²) in [5.41, 5.74) is 2.05. The Morgan fingerprint density at radius 2 is 1.67 bits per heavy atom. The fourth-order valence-electron chi connectivity index (χ4n) is 3.19. The summed E-state index contributed by atoms with van der Waals surface area (Å²) in [7, 11) is 0. The van der Waals surface area contributed by atoms with Crippen molar-refractivity contribution < 1.29 is 9.59 Å². The molecule has 0 atom stereocenters. The van der Waals surface area contributed by atoms with E-state index in [4.69, 9.17) is 0 Å². The van der Waals surface area contributed by atoms with Crippen molar-refractivity contribution in [3.05, 3.63) is 29.8 Å². The Bertz CT molecular complexity index is 566. The van der Waals surface area contributed by atoms with Gasteiger partial charge in [0.1, 0.15) is 6.54 Å². The van der Waals surface area contributed by atoms with Crippen LogP contribution in [-0.4, -0.2) is 24.4 Å². The molecule has 132 valence electrons. The zero-order valence-corrected chi connectivity index (χ0v) is 15.4. The number of hydrogen-bond acceptors (Lipinski definition) is 2. The standard InChI is InChI=1S/C20H30N2O2/c1-15(23)22(14-19(24)21-17-8-6-5-7-9-17)18-12-10-16(11-13-18)20(2,3)4/h10-13,17H,5-9,14H2,1-4H3,(H,21,24). The summed E-state index contributed by atoms with van der Waals surface area (Å²) >= 11 is 0. The lowest BCUT2D eigenvalue weighted by Crippen LogP contribution is -2.44. The average molecular weight is 330 g/mol. The topological polar surface area (TPSA) is 49.4 Å². The largest absolute Gasteiger partial charge is 0.352 e. The van der Waals surface area contributed by atoms with Gasteiger partial charge in [-0.25, -0.2) is 0 Å². The average Bonchev–Trinajstić information content (AvgIpc) is 2.52. The van der Waals surface area contributed by atoms with Gasteiger partial charge in [0.2, 0.25) is 11.8 Å². The van der Waals surface area contributed by atoms with Crippen molar-refractivity contribution in [2.75, 3.05) is 11.4 Å². The molecule has 1 aromatic carbocycles. The highest BCUT2D eigenvalue weighted by Crippen LogP contribution is 2.25. The summed E-state index contributed by atoms with van der Waals surface area (Å²) < 4.78 is 0. The van der Waals surface area contributed by atoms with E-state index >= 15 is 0 Å². The van der Waals surface area contributed by atoms with Crippen molar-refractivity contribution in [3.63, 3.8) is 0 Å². The van der Waals surface area contributed by atoms with Crippen LogP contribution in [0, 0.1) is 0 Å². The number of carbonyl (C=O) groups is 2. The lowest BCUT2D eigenvalue weighted by molar-refractivity contribution is -0.123. The highest BCUT2D eigenvalue weighted by atomic mass is 16.2. The van der Waals surface area contributed by atoms with Gasteiger partial charge in [0.25, 0.3) is 0 Å². The van der Waals surface area contributed by atoms with Crippen LogP contribution in [0.15, 0.2) is 24.3 Å². The molecule has 0 saturated heterocycles. The minimum Gasteiger partial charge on any atom is -0.352 e. The van der Waals surface area contributed by atoms with Crippen molar-refractivity contribution in [3.8, 4) is 0 Å². The Kier molecular flexibility index (Phi) is 6.03. The van der Waals surface area contributed by atoms with Gasteiger partial charge in [0, 0.05) is 18.7 Å². The number of carbonyl (C=O) groups excluding carboxylic acids is 2. The summed E-state index contributed by atoms with van der Waals surface area (Å²) in [6, 6.07) is 8.18. The van der Waals surface area contributed by atoms with Crippen molar-refractivity contribution in [1.29, 1.82) is 0 Å². The molecule has 2 amide bonds. The van der Waals surface area contributed by atoms with Gasteiger partial charge in [-0.2, -0.15) is 0 Å². The number of nitrogens with one attached hydrogen (secondary N) is 1. The van der Waals surface area contributed by atoms with Gasteiger partial charge >= 0.3 is 0 Å². The number of benzene rings is 1. The molecule has 0 unspecified atom stereocenters. The molecule has 0 heterocycles. The predicted octanol–water partition coefficient (Wildman–Crippen LogP) is 3.79. The molecule has 24 heavy (non-hydrogen) atoms. The minimum atomic E-state index is -0.114. The summed E-state index contributed by atoms with van der Waals surface area (Å²) in [6.07, 6.45) is 5.70. The first-order valence-electron chi connectivity index (χ1n) is 8.95. The van der Waals surface area contributed by atoms with Crippen LogP contribution in [0.4, 0.5) is 5.69 Å². The zero-order chi connectivity index (χ0) is 17.7. The summed E-state index contributed by atoms with van der Waals surface area (Å²) in [5, 5.41) is 3.08. The number of nitrogens with zero attached hydrogens (tertiary/aromatic N) is 1. The fraction of sp³-hybridized carbons (Fsp3) is 0.600. The molecular weight excluding hydrogens is 300 g/mol. The minimum absolute atomic E-state index is 0.0674. The molecule has 1 saturated carbocycles. The predicted molar refractivity (Wildman–Crippen MR) is 98.2 cm³/mol. The summed E-state index contributed by atoms with van der Waals surface area (Å²) in [4.78, 5) is 25.9. The molecule has 1 fully saturated rings. The van der Waals surface area contributed by atoms with E-state index in [-0.39, 0.29) is 29.8 Å². The Morgan fingerprint density at radius 3 is 2.17 bits per heavy atom. The third kappa shape index (κ3) is 5.08. The molecule has 1 aliphatic carbocycles. The molecule has 1 N–H and O–H groups in total. The van der Waals surface area contributed by atoms with Crippen LogP contribution in [0.25, 0.3) is 0 Å². The van der Waals surface area contributed by atoms with Crippen LogP contribution >= 0.6 is 0 Å². The second-order valence-corrected chi connectivity index (χ2v) is 7.80.